The number of carbonyl (C=O) groups is 4. The van der Waals surface area contributed by atoms with E-state index in [0.29, 0.717) is 12.8 Å². The van der Waals surface area contributed by atoms with Crippen LogP contribution in [0.3, 0.4) is 0 Å². The monoisotopic (exact) mass is 569 g/mol. The molecule has 5 aliphatic rings. The van der Waals surface area contributed by atoms with Crippen LogP contribution in [0.25, 0.3) is 0 Å². The van der Waals surface area contributed by atoms with Crippen LogP contribution < -0.4 is 5.32 Å². The molecule has 7 heteroatoms. The third-order valence-corrected chi connectivity index (χ3v) is 14.0. The highest BCUT2D eigenvalue weighted by Gasteiger charge is 2.70. The van der Waals surface area contributed by atoms with E-state index >= 15 is 0 Å². The second kappa shape index (κ2) is 9.41. The topological polar surface area (TPSA) is 110 Å². The van der Waals surface area contributed by atoms with Gasteiger partial charge in [0.1, 0.15) is 6.42 Å². The Balaban J connectivity index is 1.50. The molecule has 5 rings (SSSR count). The van der Waals surface area contributed by atoms with Gasteiger partial charge in [-0.1, -0.05) is 47.1 Å². The number of rotatable bonds is 4. The summed E-state index contributed by atoms with van der Waals surface area (Å²) < 4.78 is 4.69. The van der Waals surface area contributed by atoms with Gasteiger partial charge in [-0.05, 0) is 110 Å². The van der Waals surface area contributed by atoms with Gasteiger partial charge >= 0.3 is 11.9 Å². The molecule has 41 heavy (non-hydrogen) atoms. The molecule has 0 aromatic heterocycles. The van der Waals surface area contributed by atoms with Crippen molar-refractivity contribution in [3.8, 4) is 0 Å². The molecular weight excluding hydrogens is 518 g/mol. The van der Waals surface area contributed by atoms with Crippen molar-refractivity contribution in [2.45, 2.75) is 119 Å². The number of allylic oxidation sites excluding steroid dienone is 2. The Bertz CT molecular complexity index is 1210. The maximum atomic E-state index is 14.5. The average Bonchev–Trinajstić information content (AvgIpc) is 2.87. The smallest absolute Gasteiger partial charge is 0.315 e. The number of methoxy groups -OCH3 is 1. The lowest BCUT2D eigenvalue weighted by Crippen LogP contribution is -2.67. The summed E-state index contributed by atoms with van der Waals surface area (Å²) in [6, 6.07) is -0.0752. The van der Waals surface area contributed by atoms with Crippen molar-refractivity contribution in [3.63, 3.8) is 0 Å². The first kappa shape index (κ1) is 30.3. The Morgan fingerprint density at radius 3 is 2.24 bits per heavy atom. The van der Waals surface area contributed by atoms with E-state index in [1.807, 2.05) is 13.0 Å². The summed E-state index contributed by atoms with van der Waals surface area (Å²) in [5.41, 5.74) is -0.326. The highest BCUT2D eigenvalue weighted by atomic mass is 16.5. The summed E-state index contributed by atoms with van der Waals surface area (Å²) in [5.74, 6) is -1.10. The van der Waals surface area contributed by atoms with E-state index in [-0.39, 0.29) is 69.0 Å². The number of carboxylic acids is 1. The fourth-order valence-corrected chi connectivity index (χ4v) is 11.1. The fourth-order valence-electron chi connectivity index (χ4n) is 11.1. The van der Waals surface area contributed by atoms with Crippen molar-refractivity contribution in [1.82, 2.24) is 5.32 Å². The van der Waals surface area contributed by atoms with Gasteiger partial charge in [0.2, 0.25) is 5.91 Å². The van der Waals surface area contributed by atoms with E-state index < -0.39 is 17.4 Å². The van der Waals surface area contributed by atoms with E-state index in [1.54, 1.807) is 0 Å². The van der Waals surface area contributed by atoms with Crippen LogP contribution >= 0.6 is 0 Å². The van der Waals surface area contributed by atoms with Crippen LogP contribution in [-0.2, 0) is 23.9 Å². The van der Waals surface area contributed by atoms with Crippen LogP contribution in [0.2, 0.25) is 0 Å². The van der Waals surface area contributed by atoms with E-state index in [9.17, 15) is 24.3 Å². The molecule has 228 valence electrons. The number of ketones is 1. The molecule has 0 saturated heterocycles. The Morgan fingerprint density at radius 2 is 1.61 bits per heavy atom. The fraction of sp³-hybridized carbons (Fsp3) is 0.824. The van der Waals surface area contributed by atoms with Crippen molar-refractivity contribution in [2.24, 2.45) is 50.2 Å². The lowest BCUT2D eigenvalue weighted by atomic mass is 9.33. The van der Waals surface area contributed by atoms with Gasteiger partial charge in [0.05, 0.1) is 12.5 Å². The molecule has 9 atom stereocenters. The standard InChI is InChI=1S/C34H51NO6/c1-29(2)23-9-12-34(7)27(32(23,5)11-10-24(29)35-25(37)18-26(38)41-8)22(36)17-20-21-19-31(4,28(39)40)14-13-30(21,3)15-16-33(20,34)6/h17,21,23-24,27H,9-16,18-19H2,1-8H3,(H,35,37)(H,39,40)/t21-,23-,24?,27+,30+,31-,32-,33+,34+/m0/s1. The van der Waals surface area contributed by atoms with Crippen molar-refractivity contribution in [1.29, 1.82) is 0 Å². The number of carboxylic acid groups (broad SMARTS) is 1. The maximum Gasteiger partial charge on any atom is 0.315 e. The first-order valence-electron chi connectivity index (χ1n) is 15.7. The number of ether oxygens (including phenoxy) is 1. The van der Waals surface area contributed by atoms with Gasteiger partial charge in [0, 0.05) is 12.0 Å². The quantitative estimate of drug-likeness (QED) is 0.313. The number of carbonyl (C=O) groups excluding carboxylic acids is 3. The number of amides is 1. The molecule has 0 heterocycles. The number of hydrogen-bond donors (Lipinski definition) is 2. The minimum absolute atomic E-state index is 0.0351. The van der Waals surface area contributed by atoms with Crippen LogP contribution in [0.4, 0.5) is 0 Å². The van der Waals surface area contributed by atoms with E-state index in [2.05, 4.69) is 51.6 Å². The molecule has 0 aromatic rings. The predicted octanol–water partition coefficient (Wildman–Crippen LogP) is 6.10. The minimum Gasteiger partial charge on any atom is -0.481 e. The summed E-state index contributed by atoms with van der Waals surface area (Å²) in [7, 11) is 1.29. The molecule has 1 unspecified atom stereocenters. The van der Waals surface area contributed by atoms with Gasteiger partial charge in [0.25, 0.3) is 0 Å². The molecule has 7 nitrogen and oxygen atoms in total. The van der Waals surface area contributed by atoms with Crippen LogP contribution in [0.1, 0.15) is 113 Å². The molecule has 5 aliphatic carbocycles. The third-order valence-electron chi connectivity index (χ3n) is 14.0. The SMILES string of the molecule is COC(=O)CC(=O)NC1CC[C@]2(C)[C@H]3C(=O)C=C4[C@@H]5C[C@@](C)(C(=O)O)CC[C@]5(C)CC[C@@]4(C)[C@]3(C)CC[C@H]2C1(C)C. The number of fused-ring (bicyclic) bond motifs is 7. The van der Waals surface area contributed by atoms with E-state index in [0.717, 1.165) is 44.9 Å². The van der Waals surface area contributed by atoms with Crippen molar-refractivity contribution in [2.75, 3.05) is 7.11 Å². The summed E-state index contributed by atoms with van der Waals surface area (Å²) in [6.45, 7) is 15.7. The Kier molecular flexibility index (Phi) is 6.95. The number of hydrogen-bond acceptors (Lipinski definition) is 5. The van der Waals surface area contributed by atoms with E-state index in [1.165, 1.54) is 12.7 Å². The van der Waals surface area contributed by atoms with Crippen molar-refractivity contribution >= 4 is 23.6 Å². The lowest BCUT2D eigenvalue weighted by Gasteiger charge is -2.70. The Hall–Kier alpha value is -2.18. The Morgan fingerprint density at radius 1 is 0.951 bits per heavy atom. The molecule has 0 aromatic carbocycles. The van der Waals surface area contributed by atoms with Gasteiger partial charge in [0.15, 0.2) is 5.78 Å². The Labute approximate surface area is 245 Å². The number of esters is 1. The molecule has 4 fully saturated rings. The average molecular weight is 570 g/mol. The molecular formula is C34H51NO6. The van der Waals surface area contributed by atoms with Crippen molar-refractivity contribution < 1.29 is 29.0 Å². The van der Waals surface area contributed by atoms with Crippen LogP contribution in [0, 0.1) is 50.2 Å². The first-order chi connectivity index (χ1) is 18.9. The summed E-state index contributed by atoms with van der Waals surface area (Å²) in [5, 5.41) is 13.3. The first-order valence-corrected chi connectivity index (χ1v) is 15.7. The molecule has 4 saturated carbocycles. The zero-order valence-corrected chi connectivity index (χ0v) is 26.4. The number of nitrogens with one attached hydrogen (secondary N) is 1. The number of aliphatic carboxylic acids is 1. The van der Waals surface area contributed by atoms with Crippen LogP contribution in [0.5, 0.6) is 0 Å². The normalized spacial score (nSPS) is 46.5. The zero-order valence-electron chi connectivity index (χ0n) is 26.4. The van der Waals surface area contributed by atoms with Gasteiger partial charge in [-0.25, -0.2) is 0 Å². The third kappa shape index (κ3) is 4.17. The molecule has 1 amide bonds. The van der Waals surface area contributed by atoms with Gasteiger partial charge in [-0.15, -0.1) is 0 Å². The molecule has 0 radical (unpaired) electrons. The van der Waals surface area contributed by atoms with Gasteiger partial charge in [-0.3, -0.25) is 19.2 Å². The summed E-state index contributed by atoms with van der Waals surface area (Å²) >= 11 is 0. The molecule has 0 bridgehead atoms. The minimum atomic E-state index is -0.756. The van der Waals surface area contributed by atoms with Crippen LogP contribution in [0.15, 0.2) is 11.6 Å². The molecule has 0 aliphatic heterocycles. The largest absolute Gasteiger partial charge is 0.481 e. The van der Waals surface area contributed by atoms with Crippen LogP contribution in [-0.4, -0.2) is 41.9 Å². The predicted molar refractivity (Wildman–Crippen MR) is 156 cm³/mol. The van der Waals surface area contributed by atoms with E-state index in [4.69, 9.17) is 0 Å². The molecule has 2 N–H and O–H groups in total. The summed E-state index contributed by atoms with van der Waals surface area (Å²) in [4.78, 5) is 51.2. The van der Waals surface area contributed by atoms with Gasteiger partial charge in [-0.2, -0.15) is 0 Å². The van der Waals surface area contributed by atoms with Crippen molar-refractivity contribution in [3.05, 3.63) is 11.6 Å². The highest BCUT2D eigenvalue weighted by molar-refractivity contribution is 5.96. The second-order valence-corrected chi connectivity index (χ2v) is 16.3. The second-order valence-electron chi connectivity index (χ2n) is 16.3. The maximum absolute atomic E-state index is 14.5. The lowest BCUT2D eigenvalue weighted by molar-refractivity contribution is -0.190. The zero-order chi connectivity index (χ0) is 30.4. The van der Waals surface area contributed by atoms with Gasteiger partial charge < -0.3 is 15.2 Å². The molecule has 0 spiro atoms. The summed E-state index contributed by atoms with van der Waals surface area (Å²) in [6.07, 6.45) is 9.51. The highest BCUT2D eigenvalue weighted by Crippen LogP contribution is 2.75.